The van der Waals surface area contributed by atoms with Gasteiger partial charge in [-0.2, -0.15) is 4.52 Å². The van der Waals surface area contributed by atoms with Crippen LogP contribution in [0.1, 0.15) is 4.88 Å². The van der Waals surface area contributed by atoms with Crippen molar-refractivity contribution in [2.45, 2.75) is 13.0 Å². The molecule has 132 valence electrons. The zero-order valence-corrected chi connectivity index (χ0v) is 15.1. The second kappa shape index (κ2) is 6.89. The van der Waals surface area contributed by atoms with E-state index in [4.69, 9.17) is 11.6 Å². The SMILES string of the molecule is O=C(Cn1c(=O)c2cc(Cl)ccc2n2nncc12)NCCc1cccs1. The summed E-state index contributed by atoms with van der Waals surface area (Å²) in [5.74, 6) is -0.242. The maximum Gasteiger partial charge on any atom is 0.262 e. The molecule has 0 bridgehead atoms. The maximum atomic E-state index is 12.8. The van der Waals surface area contributed by atoms with Crippen LogP contribution in [0.25, 0.3) is 16.6 Å². The first-order valence-corrected chi connectivity index (χ1v) is 9.21. The Kier molecular flexibility index (Phi) is 4.44. The Morgan fingerprint density at radius 3 is 3.00 bits per heavy atom. The number of aromatic nitrogens is 4. The van der Waals surface area contributed by atoms with Gasteiger partial charge in [-0.25, -0.2) is 0 Å². The van der Waals surface area contributed by atoms with E-state index in [1.54, 1.807) is 29.5 Å². The minimum absolute atomic E-state index is 0.109. The van der Waals surface area contributed by atoms with E-state index in [-0.39, 0.29) is 18.0 Å². The largest absolute Gasteiger partial charge is 0.354 e. The van der Waals surface area contributed by atoms with Crippen molar-refractivity contribution in [3.63, 3.8) is 0 Å². The van der Waals surface area contributed by atoms with Crippen LogP contribution >= 0.6 is 22.9 Å². The molecule has 0 unspecified atom stereocenters. The van der Waals surface area contributed by atoms with Crippen LogP contribution in [0.15, 0.2) is 46.7 Å². The fourth-order valence-electron chi connectivity index (χ4n) is 2.83. The molecule has 0 atom stereocenters. The highest BCUT2D eigenvalue weighted by Crippen LogP contribution is 2.17. The fraction of sp³-hybridized carbons (Fsp3) is 0.176. The van der Waals surface area contributed by atoms with Gasteiger partial charge in [-0.3, -0.25) is 14.2 Å². The molecule has 26 heavy (non-hydrogen) atoms. The molecule has 1 aromatic carbocycles. The molecular formula is C17H14ClN5O2S. The topological polar surface area (TPSA) is 81.3 Å². The fourth-order valence-corrected chi connectivity index (χ4v) is 3.71. The summed E-state index contributed by atoms with van der Waals surface area (Å²) in [5.41, 5.74) is 0.755. The molecule has 1 amide bonds. The highest BCUT2D eigenvalue weighted by molar-refractivity contribution is 7.09. The Morgan fingerprint density at radius 2 is 2.19 bits per heavy atom. The molecule has 9 heteroatoms. The lowest BCUT2D eigenvalue weighted by Gasteiger charge is -2.10. The van der Waals surface area contributed by atoms with Crippen molar-refractivity contribution in [2.24, 2.45) is 0 Å². The number of thiophene rings is 1. The van der Waals surface area contributed by atoms with Gasteiger partial charge in [0.15, 0.2) is 5.65 Å². The van der Waals surface area contributed by atoms with Crippen molar-refractivity contribution in [3.8, 4) is 0 Å². The molecule has 4 rings (SSSR count). The molecule has 4 aromatic rings. The summed E-state index contributed by atoms with van der Waals surface area (Å²) in [6, 6.07) is 8.98. The summed E-state index contributed by atoms with van der Waals surface area (Å²) < 4.78 is 2.89. The lowest BCUT2D eigenvalue weighted by atomic mass is 10.2. The Bertz CT molecular complexity index is 1150. The summed E-state index contributed by atoms with van der Waals surface area (Å²) in [6.07, 6.45) is 2.23. The number of fused-ring (bicyclic) bond motifs is 3. The van der Waals surface area contributed by atoms with Gasteiger partial charge in [-0.1, -0.05) is 22.9 Å². The number of rotatable bonds is 5. The molecule has 0 aliphatic carbocycles. The quantitative estimate of drug-likeness (QED) is 0.568. The first-order valence-electron chi connectivity index (χ1n) is 7.95. The van der Waals surface area contributed by atoms with Crippen LogP contribution in [-0.4, -0.2) is 31.8 Å². The Labute approximate surface area is 156 Å². The van der Waals surface area contributed by atoms with Gasteiger partial charge in [-0.15, -0.1) is 16.4 Å². The van der Waals surface area contributed by atoms with Crippen molar-refractivity contribution < 1.29 is 4.79 Å². The van der Waals surface area contributed by atoms with Gasteiger partial charge < -0.3 is 5.32 Å². The van der Waals surface area contributed by atoms with E-state index in [9.17, 15) is 9.59 Å². The van der Waals surface area contributed by atoms with Gasteiger partial charge in [0, 0.05) is 16.4 Å². The van der Waals surface area contributed by atoms with E-state index >= 15 is 0 Å². The molecule has 7 nitrogen and oxygen atoms in total. The van der Waals surface area contributed by atoms with E-state index in [0.29, 0.717) is 28.1 Å². The zero-order valence-electron chi connectivity index (χ0n) is 13.6. The Balaban J connectivity index is 1.62. The lowest BCUT2D eigenvalue weighted by molar-refractivity contribution is -0.121. The predicted molar refractivity (Wildman–Crippen MR) is 101 cm³/mol. The minimum atomic E-state index is -0.300. The average Bonchev–Trinajstić information content (AvgIpc) is 3.30. The molecule has 0 saturated carbocycles. The summed E-state index contributed by atoms with van der Waals surface area (Å²) in [7, 11) is 0. The zero-order chi connectivity index (χ0) is 18.1. The van der Waals surface area contributed by atoms with E-state index < -0.39 is 0 Å². The van der Waals surface area contributed by atoms with Crippen LogP contribution in [-0.2, 0) is 17.8 Å². The number of carbonyl (C=O) groups excluding carboxylic acids is 1. The standard InChI is InChI=1S/C17H14ClN5O2S/c18-11-3-4-14-13(8-11)17(25)22(16-9-20-21-23(14)16)10-15(24)19-6-5-12-2-1-7-26-12/h1-4,7-9H,5-6,10H2,(H,19,24). The lowest BCUT2D eigenvalue weighted by Crippen LogP contribution is -2.34. The van der Waals surface area contributed by atoms with Crippen molar-refractivity contribution in [2.75, 3.05) is 6.54 Å². The minimum Gasteiger partial charge on any atom is -0.354 e. The van der Waals surface area contributed by atoms with Gasteiger partial charge in [0.1, 0.15) is 6.54 Å². The number of nitrogens with one attached hydrogen (secondary N) is 1. The molecule has 3 aromatic heterocycles. The van der Waals surface area contributed by atoms with Gasteiger partial charge in [0.2, 0.25) is 5.91 Å². The number of hydrogen-bond donors (Lipinski definition) is 1. The number of amides is 1. The highest BCUT2D eigenvalue weighted by atomic mass is 35.5. The Morgan fingerprint density at radius 1 is 1.31 bits per heavy atom. The van der Waals surface area contributed by atoms with Crippen molar-refractivity contribution in [1.82, 2.24) is 24.7 Å². The van der Waals surface area contributed by atoms with Gasteiger partial charge in [-0.05, 0) is 36.1 Å². The summed E-state index contributed by atoms with van der Waals surface area (Å²) in [5, 5.41) is 13.6. The molecule has 1 N–H and O–H groups in total. The third-order valence-electron chi connectivity index (χ3n) is 4.05. The molecule has 0 radical (unpaired) electrons. The van der Waals surface area contributed by atoms with E-state index in [2.05, 4.69) is 15.6 Å². The molecular weight excluding hydrogens is 374 g/mol. The predicted octanol–water partition coefficient (Wildman–Crippen LogP) is 2.12. The monoisotopic (exact) mass is 387 g/mol. The number of hydrogen-bond acceptors (Lipinski definition) is 5. The van der Waals surface area contributed by atoms with Gasteiger partial charge in [0.05, 0.1) is 17.1 Å². The molecule has 0 aliphatic rings. The Hall–Kier alpha value is -2.71. The second-order valence-electron chi connectivity index (χ2n) is 5.74. The molecule has 3 heterocycles. The molecule has 0 saturated heterocycles. The smallest absolute Gasteiger partial charge is 0.262 e. The van der Waals surface area contributed by atoms with Crippen LogP contribution in [0.5, 0.6) is 0 Å². The summed E-state index contributed by atoms with van der Waals surface area (Å²) in [6.45, 7) is 0.407. The third-order valence-corrected chi connectivity index (χ3v) is 5.22. The van der Waals surface area contributed by atoms with Gasteiger partial charge in [0.25, 0.3) is 5.56 Å². The third kappa shape index (κ3) is 3.09. The van der Waals surface area contributed by atoms with Crippen LogP contribution in [0.3, 0.4) is 0 Å². The molecule has 0 fully saturated rings. The molecule has 0 spiro atoms. The van der Waals surface area contributed by atoms with Crippen molar-refractivity contribution in [3.05, 3.63) is 62.2 Å². The summed E-state index contributed by atoms with van der Waals surface area (Å²) in [4.78, 5) is 26.4. The number of nitrogens with zero attached hydrogens (tertiary/aromatic N) is 4. The number of benzene rings is 1. The first kappa shape index (κ1) is 16.7. The summed E-state index contributed by atoms with van der Waals surface area (Å²) >= 11 is 7.67. The van der Waals surface area contributed by atoms with E-state index in [1.165, 1.54) is 20.2 Å². The number of carbonyl (C=O) groups is 1. The van der Waals surface area contributed by atoms with Crippen molar-refractivity contribution in [1.29, 1.82) is 0 Å². The van der Waals surface area contributed by atoms with Crippen LogP contribution in [0.4, 0.5) is 0 Å². The van der Waals surface area contributed by atoms with Crippen LogP contribution < -0.4 is 10.9 Å². The van der Waals surface area contributed by atoms with Crippen LogP contribution in [0, 0.1) is 0 Å². The van der Waals surface area contributed by atoms with Crippen molar-refractivity contribution >= 4 is 45.4 Å². The average molecular weight is 388 g/mol. The highest BCUT2D eigenvalue weighted by Gasteiger charge is 2.15. The van der Waals surface area contributed by atoms with Crippen LogP contribution in [0.2, 0.25) is 5.02 Å². The normalized spacial score (nSPS) is 11.3. The van der Waals surface area contributed by atoms with E-state index in [1.807, 2.05) is 17.5 Å². The molecule has 0 aliphatic heterocycles. The first-order chi connectivity index (χ1) is 12.6. The maximum absolute atomic E-state index is 12.8. The van der Waals surface area contributed by atoms with E-state index in [0.717, 1.165) is 6.42 Å². The van der Waals surface area contributed by atoms with Gasteiger partial charge >= 0.3 is 0 Å². The second-order valence-corrected chi connectivity index (χ2v) is 7.20. The number of halogens is 1.